The van der Waals surface area contributed by atoms with E-state index in [0.717, 1.165) is 9.24 Å². The topological polar surface area (TPSA) is 0 Å². The van der Waals surface area contributed by atoms with Crippen LogP contribution in [0.1, 0.15) is 0 Å². The van der Waals surface area contributed by atoms with E-state index < -0.39 is 21.7 Å². The van der Waals surface area contributed by atoms with E-state index in [4.69, 9.17) is 0 Å². The van der Waals surface area contributed by atoms with Gasteiger partial charge in [-0.1, -0.05) is 58.9 Å². The van der Waals surface area contributed by atoms with Crippen molar-refractivity contribution in [1.29, 1.82) is 0 Å². The Hall–Kier alpha value is 1.00. The minimum Gasteiger partial charge on any atom is -0.258 e. The first-order valence-corrected chi connectivity index (χ1v) is 19.0. The molecule has 0 N–H and O–H groups in total. The van der Waals surface area contributed by atoms with Gasteiger partial charge in [0.25, 0.3) is 0 Å². The lowest BCUT2D eigenvalue weighted by molar-refractivity contribution is 1.82. The smallest absolute Gasteiger partial charge is 0.0864 e. The molecule has 13 heavy (non-hydrogen) atoms. The van der Waals surface area contributed by atoms with Crippen LogP contribution in [0.25, 0.3) is 0 Å². The van der Waals surface area contributed by atoms with E-state index >= 15 is 0 Å². The molecule has 0 heterocycles. The van der Waals surface area contributed by atoms with Crippen molar-refractivity contribution >= 4 is 30.9 Å². The first kappa shape index (κ1) is 14.0. The predicted octanol–water partition coefficient (Wildman–Crippen LogP) is 4.76. The van der Waals surface area contributed by atoms with E-state index in [0.29, 0.717) is 0 Å². The monoisotopic (exact) mass is 251 g/mol. The summed E-state index contributed by atoms with van der Waals surface area (Å²) in [5.41, 5.74) is 0. The van der Waals surface area contributed by atoms with Gasteiger partial charge in [-0.25, -0.2) is 0 Å². The van der Waals surface area contributed by atoms with Crippen LogP contribution in [0.2, 0.25) is 58.9 Å². The summed E-state index contributed by atoms with van der Waals surface area (Å²) in [6.45, 7) is 23.2. The molecule has 0 atom stereocenters. The van der Waals surface area contributed by atoms with Crippen molar-refractivity contribution in [2.45, 2.75) is 58.9 Å². The molecular weight excluding hydrogens is 224 g/mol. The first-order chi connectivity index (χ1) is 5.37. The summed E-state index contributed by atoms with van der Waals surface area (Å²) in [4.78, 5) is 0. The molecule has 0 aromatic heterocycles. The van der Waals surface area contributed by atoms with Crippen molar-refractivity contribution in [2.24, 2.45) is 0 Å². The van der Waals surface area contributed by atoms with E-state index in [1.54, 1.807) is 0 Å². The minimum atomic E-state index is -0.906. The number of hydrogen-bond donors (Lipinski definition) is 0. The third-order valence-electron chi connectivity index (χ3n) is 1.84. The standard InChI is InChI=1S/C9H27SSi3/c1-11(2,3)10(12(4,5)6)13(7,8)9/h1-9H3. The Morgan fingerprint density at radius 3 is 0.615 bits per heavy atom. The molecule has 0 saturated heterocycles. The zero-order valence-electron chi connectivity index (χ0n) is 10.9. The van der Waals surface area contributed by atoms with Crippen molar-refractivity contribution in [3.05, 3.63) is 0 Å². The van der Waals surface area contributed by atoms with Gasteiger partial charge in [0.2, 0.25) is 0 Å². The van der Waals surface area contributed by atoms with Crippen LogP contribution >= 0.6 is 9.24 Å². The molecule has 0 bridgehead atoms. The quantitative estimate of drug-likeness (QED) is 0.635. The maximum absolute atomic E-state index is 2.58. The number of rotatable bonds is 3. The van der Waals surface area contributed by atoms with Crippen LogP contribution in [0.3, 0.4) is 0 Å². The van der Waals surface area contributed by atoms with Gasteiger partial charge in [0.05, 0.1) is 21.7 Å². The second-order valence-electron chi connectivity index (χ2n) is 6.64. The molecule has 0 aromatic carbocycles. The third kappa shape index (κ3) is 4.36. The molecular formula is C9H27SSi3. The van der Waals surface area contributed by atoms with E-state index in [-0.39, 0.29) is 0 Å². The Bertz CT molecular complexity index is 137. The molecule has 0 saturated carbocycles. The molecule has 0 aromatic rings. The van der Waals surface area contributed by atoms with Gasteiger partial charge in [0.1, 0.15) is 0 Å². The summed E-state index contributed by atoms with van der Waals surface area (Å²) in [6, 6.07) is 0. The summed E-state index contributed by atoms with van der Waals surface area (Å²) >= 11 is 0. The Kier molecular flexibility index (Phi) is 4.17. The van der Waals surface area contributed by atoms with Gasteiger partial charge in [0, 0.05) is 0 Å². The number of hydrogen-bond acceptors (Lipinski definition) is 0. The molecule has 0 amide bonds. The molecule has 81 valence electrons. The van der Waals surface area contributed by atoms with Gasteiger partial charge in [-0.2, -0.15) is 0 Å². The maximum atomic E-state index is 2.58. The zero-order chi connectivity index (χ0) is 11.1. The average molecular weight is 252 g/mol. The highest BCUT2D eigenvalue weighted by atomic mass is 32.7. The third-order valence-corrected chi connectivity index (χ3v) is 49.6. The average Bonchev–Trinajstić information content (AvgIpc) is 1.44. The van der Waals surface area contributed by atoms with Gasteiger partial charge < -0.3 is 0 Å². The van der Waals surface area contributed by atoms with Gasteiger partial charge in [-0.3, -0.25) is 9.24 Å². The van der Waals surface area contributed by atoms with Crippen LogP contribution in [0, 0.1) is 0 Å². The second kappa shape index (κ2) is 3.87. The lowest BCUT2D eigenvalue weighted by Gasteiger charge is -2.49. The van der Waals surface area contributed by atoms with Crippen LogP contribution in [0.5, 0.6) is 0 Å². The highest BCUT2D eigenvalue weighted by Crippen LogP contribution is 2.53. The Morgan fingerprint density at radius 1 is 0.462 bits per heavy atom. The van der Waals surface area contributed by atoms with Crippen LogP contribution in [-0.2, 0) is 0 Å². The molecule has 0 aliphatic carbocycles. The van der Waals surface area contributed by atoms with Crippen LogP contribution in [-0.4, -0.2) is 21.7 Å². The highest BCUT2D eigenvalue weighted by Gasteiger charge is 2.42. The lowest BCUT2D eigenvalue weighted by atomic mass is 11.8. The van der Waals surface area contributed by atoms with Crippen molar-refractivity contribution in [1.82, 2.24) is 0 Å². The molecule has 0 aliphatic rings. The minimum absolute atomic E-state index is 0.840. The summed E-state index contributed by atoms with van der Waals surface area (Å²) in [5, 5.41) is 0. The molecule has 0 aliphatic heterocycles. The van der Waals surface area contributed by atoms with Crippen molar-refractivity contribution in [3.8, 4) is 0 Å². The SMILES string of the molecule is C[Si](C)(C)[S]([Si](C)(C)C)[Si](C)(C)C. The molecule has 0 unspecified atom stereocenters. The first-order valence-electron chi connectivity index (χ1n) is 5.11. The van der Waals surface area contributed by atoms with Gasteiger partial charge >= 0.3 is 0 Å². The fourth-order valence-electron chi connectivity index (χ4n) is 2.76. The van der Waals surface area contributed by atoms with E-state index in [1.165, 1.54) is 0 Å². The second-order valence-corrected chi connectivity index (χ2v) is 38.3. The Morgan fingerprint density at radius 2 is 0.615 bits per heavy atom. The molecule has 0 nitrogen and oxygen atoms in total. The molecule has 0 rings (SSSR count). The van der Waals surface area contributed by atoms with E-state index in [9.17, 15) is 0 Å². The van der Waals surface area contributed by atoms with Crippen molar-refractivity contribution < 1.29 is 0 Å². The lowest BCUT2D eigenvalue weighted by Crippen LogP contribution is -2.46. The van der Waals surface area contributed by atoms with Gasteiger partial charge in [0.15, 0.2) is 0 Å². The molecule has 0 spiro atoms. The largest absolute Gasteiger partial charge is 0.258 e. The summed E-state index contributed by atoms with van der Waals surface area (Å²) in [5.74, 6) is 0. The fourth-order valence-corrected chi connectivity index (χ4v) is 74.4. The van der Waals surface area contributed by atoms with Gasteiger partial charge in [-0.05, 0) is 0 Å². The highest BCUT2D eigenvalue weighted by molar-refractivity contribution is 8.78. The van der Waals surface area contributed by atoms with Crippen molar-refractivity contribution in [2.75, 3.05) is 0 Å². The fraction of sp³-hybridized carbons (Fsp3) is 1.00. The Labute approximate surface area is 89.8 Å². The van der Waals surface area contributed by atoms with Crippen LogP contribution < -0.4 is 0 Å². The summed E-state index contributed by atoms with van der Waals surface area (Å²) in [6.07, 6.45) is 0. The maximum Gasteiger partial charge on any atom is 0.0864 e. The summed E-state index contributed by atoms with van der Waals surface area (Å²) < 4.78 is 0. The molecule has 0 fully saturated rings. The van der Waals surface area contributed by atoms with Crippen LogP contribution in [0.15, 0.2) is 0 Å². The van der Waals surface area contributed by atoms with Gasteiger partial charge in [-0.15, -0.1) is 0 Å². The normalized spacial score (nSPS) is 15.2. The zero-order valence-corrected chi connectivity index (χ0v) is 14.7. The predicted molar refractivity (Wildman–Crippen MR) is 77.6 cm³/mol. The van der Waals surface area contributed by atoms with E-state index in [2.05, 4.69) is 58.9 Å². The van der Waals surface area contributed by atoms with E-state index in [1.807, 2.05) is 0 Å². The van der Waals surface area contributed by atoms with Crippen LogP contribution in [0.4, 0.5) is 0 Å². The molecule has 4 heteroatoms. The summed E-state index contributed by atoms with van der Waals surface area (Å²) in [7, 11) is -1.88. The van der Waals surface area contributed by atoms with Crippen molar-refractivity contribution in [3.63, 3.8) is 0 Å². The molecule has 1 radical (unpaired) electrons. The Balaban J connectivity index is 5.02.